The first kappa shape index (κ1) is 14.0. The summed E-state index contributed by atoms with van der Waals surface area (Å²) in [7, 11) is 0. The molecule has 1 aromatic rings. The quantitative estimate of drug-likeness (QED) is 0.744. The Morgan fingerprint density at radius 1 is 1.17 bits per heavy atom. The van der Waals surface area contributed by atoms with Gasteiger partial charge in [-0.05, 0) is 26.0 Å². The van der Waals surface area contributed by atoms with Crippen LogP contribution in [-0.2, 0) is 0 Å². The van der Waals surface area contributed by atoms with Crippen LogP contribution in [0.2, 0.25) is 15.1 Å². The van der Waals surface area contributed by atoms with E-state index in [1.54, 1.807) is 12.1 Å². The van der Waals surface area contributed by atoms with Gasteiger partial charge in [-0.15, -0.1) is 0 Å². The number of nitrogens with one attached hydrogen (secondary N) is 1. The van der Waals surface area contributed by atoms with Crippen LogP contribution in [-0.4, -0.2) is 15.9 Å². The number of hydrazine groups is 1. The standard InChI is InChI=1S/C13H16Cl3N2/c1-7-8(2)18(17-13(7,3)4)12-10(15)5-9(14)6-11(12)16/h5-7,17H,1-4H3/q+1/t7-/m1/s1. The minimum absolute atomic E-state index is 0.0314. The molecule has 0 saturated heterocycles. The fourth-order valence-corrected chi connectivity index (χ4v) is 3.16. The van der Waals surface area contributed by atoms with Crippen LogP contribution in [0, 0.1) is 5.92 Å². The number of rotatable bonds is 1. The second-order valence-corrected chi connectivity index (χ2v) is 6.50. The molecule has 0 radical (unpaired) electrons. The summed E-state index contributed by atoms with van der Waals surface area (Å²) < 4.78 is 1.96. The molecule has 2 rings (SSSR count). The highest BCUT2D eigenvalue weighted by Gasteiger charge is 2.44. The Morgan fingerprint density at radius 2 is 1.67 bits per heavy atom. The normalized spacial score (nSPS) is 22.3. The molecule has 0 unspecified atom stereocenters. The molecule has 1 heterocycles. The van der Waals surface area contributed by atoms with Crippen molar-refractivity contribution in [1.29, 1.82) is 0 Å². The van der Waals surface area contributed by atoms with Gasteiger partial charge < -0.3 is 0 Å². The van der Waals surface area contributed by atoms with Crippen LogP contribution in [0.1, 0.15) is 27.7 Å². The summed E-state index contributed by atoms with van der Waals surface area (Å²) in [6.07, 6.45) is 0. The van der Waals surface area contributed by atoms with E-state index in [1.165, 1.54) is 5.71 Å². The van der Waals surface area contributed by atoms with E-state index in [0.717, 1.165) is 5.69 Å². The van der Waals surface area contributed by atoms with Crippen LogP contribution in [0.25, 0.3) is 0 Å². The molecule has 0 aliphatic carbocycles. The molecule has 1 aromatic carbocycles. The topological polar surface area (TPSA) is 15.0 Å². The van der Waals surface area contributed by atoms with Crippen molar-refractivity contribution in [3.05, 3.63) is 27.2 Å². The van der Waals surface area contributed by atoms with Gasteiger partial charge >= 0.3 is 0 Å². The van der Waals surface area contributed by atoms with Crippen LogP contribution in [0.15, 0.2) is 12.1 Å². The molecule has 0 bridgehead atoms. The number of halogens is 3. The summed E-state index contributed by atoms with van der Waals surface area (Å²) in [6.45, 7) is 8.56. The van der Waals surface area contributed by atoms with Crippen LogP contribution < -0.4 is 5.43 Å². The van der Waals surface area contributed by atoms with E-state index >= 15 is 0 Å². The van der Waals surface area contributed by atoms with Crippen molar-refractivity contribution in [2.75, 3.05) is 0 Å². The van der Waals surface area contributed by atoms with E-state index in [4.69, 9.17) is 34.8 Å². The molecule has 1 N–H and O–H groups in total. The Balaban J connectivity index is 2.58. The molecule has 0 amide bonds. The smallest absolute Gasteiger partial charge is 0.186 e. The van der Waals surface area contributed by atoms with Crippen molar-refractivity contribution >= 4 is 46.2 Å². The average Bonchev–Trinajstić information content (AvgIpc) is 2.41. The Labute approximate surface area is 123 Å². The lowest BCUT2D eigenvalue weighted by Crippen LogP contribution is -2.41. The molecular formula is C13H16Cl3N2+. The van der Waals surface area contributed by atoms with Gasteiger partial charge in [-0.25, -0.2) is 0 Å². The maximum Gasteiger partial charge on any atom is 0.272 e. The summed E-state index contributed by atoms with van der Waals surface area (Å²) in [5, 5.41) is 1.63. The fraction of sp³-hybridized carbons (Fsp3) is 0.462. The summed E-state index contributed by atoms with van der Waals surface area (Å²) in [5.74, 6) is 0.389. The van der Waals surface area contributed by atoms with E-state index in [-0.39, 0.29) is 5.54 Å². The van der Waals surface area contributed by atoms with Crippen molar-refractivity contribution < 1.29 is 4.68 Å². The predicted octanol–water partition coefficient (Wildman–Crippen LogP) is 4.68. The number of hydrogen-bond acceptors (Lipinski definition) is 1. The molecule has 2 nitrogen and oxygen atoms in total. The van der Waals surface area contributed by atoms with Gasteiger partial charge in [0.05, 0.1) is 11.5 Å². The Morgan fingerprint density at radius 3 is 2.06 bits per heavy atom. The van der Waals surface area contributed by atoms with Gasteiger partial charge in [-0.1, -0.05) is 46.4 Å². The van der Waals surface area contributed by atoms with Crippen LogP contribution in [0.5, 0.6) is 0 Å². The van der Waals surface area contributed by atoms with Crippen LogP contribution in [0.4, 0.5) is 5.69 Å². The van der Waals surface area contributed by atoms with Crippen molar-refractivity contribution in [2.45, 2.75) is 33.2 Å². The number of nitrogens with zero attached hydrogens (tertiary/aromatic N) is 1. The molecule has 1 atom stereocenters. The second-order valence-electron chi connectivity index (χ2n) is 5.25. The van der Waals surface area contributed by atoms with Crippen molar-refractivity contribution in [3.8, 4) is 0 Å². The Bertz CT molecular complexity index is 512. The minimum Gasteiger partial charge on any atom is -0.186 e. The molecule has 0 spiro atoms. The molecule has 18 heavy (non-hydrogen) atoms. The first-order valence-electron chi connectivity index (χ1n) is 5.80. The predicted molar refractivity (Wildman–Crippen MR) is 78.5 cm³/mol. The van der Waals surface area contributed by atoms with E-state index in [0.29, 0.717) is 21.0 Å². The molecule has 0 saturated carbocycles. The summed E-state index contributed by atoms with van der Waals surface area (Å²) in [6, 6.07) is 3.41. The van der Waals surface area contributed by atoms with Gasteiger partial charge in [0, 0.05) is 11.9 Å². The minimum atomic E-state index is -0.0314. The van der Waals surface area contributed by atoms with Gasteiger partial charge in [0.1, 0.15) is 10.0 Å². The van der Waals surface area contributed by atoms with Gasteiger partial charge in [0.15, 0.2) is 5.71 Å². The third kappa shape index (κ3) is 2.22. The lowest BCUT2D eigenvalue weighted by atomic mass is 9.88. The number of benzene rings is 1. The number of hydrazone groups is 1. The van der Waals surface area contributed by atoms with Crippen molar-refractivity contribution in [3.63, 3.8) is 0 Å². The summed E-state index contributed by atoms with van der Waals surface area (Å²) in [5.41, 5.74) is 5.35. The van der Waals surface area contributed by atoms with E-state index in [9.17, 15) is 0 Å². The molecule has 98 valence electrons. The van der Waals surface area contributed by atoms with Gasteiger partial charge in [0.2, 0.25) is 0 Å². The molecular weight excluding hydrogens is 291 g/mol. The van der Waals surface area contributed by atoms with Crippen molar-refractivity contribution in [2.24, 2.45) is 5.92 Å². The molecule has 0 aromatic heterocycles. The van der Waals surface area contributed by atoms with Crippen LogP contribution >= 0.6 is 34.8 Å². The highest BCUT2D eigenvalue weighted by molar-refractivity contribution is 6.41. The Kier molecular flexibility index (Phi) is 3.56. The molecule has 5 heteroatoms. The monoisotopic (exact) mass is 305 g/mol. The first-order chi connectivity index (χ1) is 8.24. The maximum atomic E-state index is 6.26. The van der Waals surface area contributed by atoms with Gasteiger partial charge in [0.25, 0.3) is 5.69 Å². The third-order valence-corrected chi connectivity index (χ3v) is 4.46. The highest BCUT2D eigenvalue weighted by atomic mass is 35.5. The summed E-state index contributed by atoms with van der Waals surface area (Å²) in [4.78, 5) is 0. The number of hydrogen-bond donors (Lipinski definition) is 1. The largest absolute Gasteiger partial charge is 0.272 e. The Hall–Kier alpha value is -0.440. The third-order valence-electron chi connectivity index (χ3n) is 3.67. The first-order valence-corrected chi connectivity index (χ1v) is 6.93. The van der Waals surface area contributed by atoms with Crippen LogP contribution in [0.3, 0.4) is 0 Å². The van der Waals surface area contributed by atoms with Gasteiger partial charge in [-0.3, -0.25) is 0 Å². The zero-order valence-electron chi connectivity index (χ0n) is 10.8. The lowest BCUT2D eigenvalue weighted by Gasteiger charge is -2.19. The molecule has 1 aliphatic rings. The second kappa shape index (κ2) is 4.59. The average molecular weight is 307 g/mol. The summed E-state index contributed by atoms with van der Waals surface area (Å²) >= 11 is 18.4. The zero-order chi connectivity index (χ0) is 13.7. The molecule has 1 aliphatic heterocycles. The van der Waals surface area contributed by atoms with E-state index in [2.05, 4.69) is 33.1 Å². The zero-order valence-corrected chi connectivity index (χ0v) is 13.1. The fourth-order valence-electron chi connectivity index (χ4n) is 2.17. The maximum absolute atomic E-state index is 6.26. The van der Waals surface area contributed by atoms with E-state index < -0.39 is 0 Å². The lowest BCUT2D eigenvalue weighted by molar-refractivity contribution is -0.509. The van der Waals surface area contributed by atoms with Gasteiger partial charge in [-0.2, -0.15) is 5.43 Å². The SMILES string of the molecule is CC1=[N+](c2c(Cl)cc(Cl)cc2Cl)NC(C)(C)[C@@H]1C. The van der Waals surface area contributed by atoms with E-state index in [1.807, 2.05) is 4.68 Å². The molecule has 0 fully saturated rings. The highest BCUT2D eigenvalue weighted by Crippen LogP contribution is 2.38. The van der Waals surface area contributed by atoms with Crippen molar-refractivity contribution in [1.82, 2.24) is 5.43 Å².